The van der Waals surface area contributed by atoms with Crippen LogP contribution in [0.25, 0.3) is 16.8 Å². The predicted octanol–water partition coefficient (Wildman–Crippen LogP) is 5.59. The molecule has 0 radical (unpaired) electrons. The Hall–Kier alpha value is -7.02. The van der Waals surface area contributed by atoms with Gasteiger partial charge in [-0.3, -0.25) is 43.7 Å². The van der Waals surface area contributed by atoms with Gasteiger partial charge in [-0.2, -0.15) is 5.10 Å². The zero-order valence-electron chi connectivity index (χ0n) is 37.5. The minimum atomic E-state index is -2.89. The van der Waals surface area contributed by atoms with Gasteiger partial charge in [0.05, 0.1) is 29.3 Å². The van der Waals surface area contributed by atoms with Crippen molar-refractivity contribution in [2.75, 3.05) is 49.6 Å². The fourth-order valence-electron chi connectivity index (χ4n) is 11.0. The summed E-state index contributed by atoms with van der Waals surface area (Å²) >= 11 is 0. The van der Waals surface area contributed by atoms with E-state index in [4.69, 9.17) is 9.84 Å². The molecular weight excluding hydrogens is 879 g/mol. The largest absolute Gasteiger partial charge is 0.382 e. The smallest absolute Gasteiger partial charge is 0.264 e. The van der Waals surface area contributed by atoms with Gasteiger partial charge in [-0.25, -0.2) is 13.8 Å². The molecule has 352 valence electrons. The van der Waals surface area contributed by atoms with E-state index in [2.05, 4.69) is 20.3 Å². The summed E-state index contributed by atoms with van der Waals surface area (Å²) in [5, 5.41) is 10.9. The number of imide groups is 2. The summed E-state index contributed by atoms with van der Waals surface area (Å²) in [4.78, 5) is 90.0. The molecule has 0 aliphatic carbocycles. The zero-order chi connectivity index (χ0) is 47.0. The molecule has 1 atom stereocenters. The first-order chi connectivity index (χ1) is 32.9. The minimum absolute atomic E-state index is 0.0135. The van der Waals surface area contributed by atoms with Gasteiger partial charge in [-0.05, 0) is 86.4 Å². The molecule has 17 nitrogen and oxygen atoms in total. The first kappa shape index (κ1) is 43.5. The quantitative estimate of drug-likeness (QED) is 0.185. The summed E-state index contributed by atoms with van der Waals surface area (Å²) in [5.41, 5.74) is 5.41. The Balaban J connectivity index is 0.875. The third kappa shape index (κ3) is 7.46. The van der Waals surface area contributed by atoms with Crippen LogP contribution in [0.2, 0.25) is 0 Å². The number of rotatable bonds is 8. The average Bonchev–Trinajstić information content (AvgIpc) is 4.04. The Bertz CT molecular complexity index is 2930. The maximum atomic E-state index is 15.6. The normalized spacial score (nSPS) is 20.3. The van der Waals surface area contributed by atoms with Crippen LogP contribution in [-0.4, -0.2) is 121 Å². The van der Waals surface area contributed by atoms with Crippen molar-refractivity contribution in [2.45, 2.75) is 95.8 Å². The second-order valence-electron chi connectivity index (χ2n) is 18.5. The fraction of sp³-hybridized carbons (Fsp3) is 0.429. The molecule has 9 heterocycles. The van der Waals surface area contributed by atoms with Crippen LogP contribution in [0.15, 0.2) is 55.0 Å². The number of alkyl halides is 2. The third-order valence-corrected chi connectivity index (χ3v) is 14.6. The summed E-state index contributed by atoms with van der Waals surface area (Å²) in [7, 11) is 0. The van der Waals surface area contributed by atoms with Crippen LogP contribution in [0.4, 0.5) is 26.0 Å². The van der Waals surface area contributed by atoms with Crippen molar-refractivity contribution in [2.24, 2.45) is 0 Å². The first-order valence-electron chi connectivity index (χ1n) is 23.5. The summed E-state index contributed by atoms with van der Waals surface area (Å²) in [5.74, 6) is -2.02. The zero-order valence-corrected chi connectivity index (χ0v) is 37.5. The molecule has 6 amide bonds. The number of piperidine rings is 2. The summed E-state index contributed by atoms with van der Waals surface area (Å²) in [6, 6.07) is 8.82. The molecule has 3 aromatic heterocycles. The maximum Gasteiger partial charge on any atom is 0.264 e. The number of halogens is 2. The van der Waals surface area contributed by atoms with Crippen molar-refractivity contribution < 1.29 is 42.3 Å². The highest BCUT2D eigenvalue weighted by molar-refractivity contribution is 6.25. The van der Waals surface area contributed by atoms with Crippen LogP contribution in [0, 0.1) is 0 Å². The number of imidazole rings is 1. The van der Waals surface area contributed by atoms with Crippen LogP contribution in [0.5, 0.6) is 0 Å². The molecule has 11 rings (SSSR count). The van der Waals surface area contributed by atoms with Gasteiger partial charge in [-0.1, -0.05) is 6.07 Å². The van der Waals surface area contributed by atoms with E-state index >= 15 is 8.78 Å². The lowest BCUT2D eigenvalue weighted by Crippen LogP contribution is -2.54. The highest BCUT2D eigenvalue weighted by Crippen LogP contribution is 2.45. The van der Waals surface area contributed by atoms with Crippen LogP contribution in [-0.2, 0) is 38.5 Å². The molecule has 2 aromatic carbocycles. The van der Waals surface area contributed by atoms with Crippen molar-refractivity contribution in [3.8, 4) is 11.1 Å². The van der Waals surface area contributed by atoms with Gasteiger partial charge < -0.3 is 29.2 Å². The second-order valence-corrected chi connectivity index (χ2v) is 18.5. The van der Waals surface area contributed by atoms with Gasteiger partial charge >= 0.3 is 0 Å². The molecule has 19 heteroatoms. The molecule has 3 saturated heterocycles. The predicted molar refractivity (Wildman–Crippen MR) is 243 cm³/mol. The van der Waals surface area contributed by atoms with Crippen molar-refractivity contribution in [3.05, 3.63) is 94.1 Å². The highest BCUT2D eigenvalue weighted by Gasteiger charge is 2.46. The highest BCUT2D eigenvalue weighted by atomic mass is 19.3. The molecule has 0 spiro atoms. The number of hydrogen-bond acceptors (Lipinski definition) is 11. The molecule has 5 aromatic rings. The van der Waals surface area contributed by atoms with Crippen LogP contribution < -0.4 is 15.5 Å². The molecule has 0 saturated carbocycles. The lowest BCUT2D eigenvalue weighted by molar-refractivity contribution is -0.136. The molecule has 1 unspecified atom stereocenters. The number of aromatic nitrogens is 4. The number of pyridine rings is 1. The van der Waals surface area contributed by atoms with E-state index in [1.807, 2.05) is 9.80 Å². The molecule has 6 aliphatic heterocycles. The Kier molecular flexibility index (Phi) is 11.0. The van der Waals surface area contributed by atoms with Crippen molar-refractivity contribution in [1.82, 2.24) is 39.2 Å². The van der Waals surface area contributed by atoms with E-state index in [1.54, 1.807) is 71.2 Å². The van der Waals surface area contributed by atoms with Crippen molar-refractivity contribution in [3.63, 3.8) is 0 Å². The Morgan fingerprint density at radius 2 is 1.69 bits per heavy atom. The van der Waals surface area contributed by atoms with Gasteiger partial charge in [-0.15, -0.1) is 0 Å². The van der Waals surface area contributed by atoms with Gasteiger partial charge in [0, 0.05) is 118 Å². The topological polar surface area (TPSA) is 184 Å². The van der Waals surface area contributed by atoms with E-state index < -0.39 is 36.1 Å². The van der Waals surface area contributed by atoms with Gasteiger partial charge in [0.25, 0.3) is 24.1 Å². The average molecular weight is 929 g/mol. The van der Waals surface area contributed by atoms with Gasteiger partial charge in [0.1, 0.15) is 11.7 Å². The van der Waals surface area contributed by atoms with E-state index in [1.165, 1.54) is 0 Å². The Morgan fingerprint density at radius 1 is 0.882 bits per heavy atom. The second kappa shape index (κ2) is 17.2. The molecule has 3 fully saturated rings. The molecular formula is C49H50F2N10O7. The minimum Gasteiger partial charge on any atom is -0.382 e. The Morgan fingerprint density at radius 3 is 2.46 bits per heavy atom. The van der Waals surface area contributed by atoms with Crippen LogP contribution >= 0.6 is 0 Å². The maximum absolute atomic E-state index is 15.6. The standard InChI is InChI=1S/C49H50F2N10O7/c1-27(62)57-18-11-38-36(26-57)45(55-61(38)30-12-20-68-21-13-30)59-15-3-4-28-22-32(34(44(50)51)23-40(28)59)33-24-41-52-14-19-58(41)25-35(33)47(65)56-16-9-29(10-17-56)53-37-6-2-5-31-43(37)49(67)60(48(31)66)39-7-8-42(63)54-46(39)64/h2,5-6,14,19,22-25,29-30,39,44,53H,3-4,7-13,15-18,20-21,26H2,1H3,(H,54,63,64). The first-order valence-corrected chi connectivity index (χ1v) is 23.5. The number of benzene rings is 2. The number of fused-ring (bicyclic) bond motifs is 4. The van der Waals surface area contributed by atoms with Gasteiger partial charge in [0.15, 0.2) is 5.82 Å². The van der Waals surface area contributed by atoms with E-state index in [-0.39, 0.29) is 64.6 Å². The number of nitrogens with one attached hydrogen (secondary N) is 2. The number of aryl methyl sites for hydroxylation is 1. The number of ether oxygens (including phenoxy) is 1. The number of likely N-dealkylation sites (tertiary alicyclic amines) is 1. The van der Waals surface area contributed by atoms with Gasteiger partial charge in [0.2, 0.25) is 17.7 Å². The summed E-state index contributed by atoms with van der Waals surface area (Å²) in [6.45, 7) is 4.98. The van der Waals surface area contributed by atoms with E-state index in [0.717, 1.165) is 41.0 Å². The summed E-state index contributed by atoms with van der Waals surface area (Å²) < 4.78 is 40.7. The van der Waals surface area contributed by atoms with E-state index in [9.17, 15) is 28.8 Å². The molecule has 0 bridgehead atoms. The van der Waals surface area contributed by atoms with Crippen molar-refractivity contribution in [1.29, 1.82) is 0 Å². The molecule has 68 heavy (non-hydrogen) atoms. The monoisotopic (exact) mass is 928 g/mol. The number of carbonyl (C=O) groups is 6. The number of amides is 6. The molecule has 2 N–H and O–H groups in total. The van der Waals surface area contributed by atoms with E-state index in [0.29, 0.717) is 100 Å². The number of hydrogen-bond donors (Lipinski definition) is 2. The molecule has 6 aliphatic rings. The third-order valence-electron chi connectivity index (χ3n) is 14.6. The van der Waals surface area contributed by atoms with Crippen LogP contribution in [0.1, 0.15) is 118 Å². The summed E-state index contributed by atoms with van der Waals surface area (Å²) in [6.07, 6.45) is 6.72. The van der Waals surface area contributed by atoms with Crippen molar-refractivity contribution >= 4 is 58.3 Å². The number of anilines is 3. The number of carbonyl (C=O) groups excluding carboxylic acids is 6. The Labute approximate surface area is 389 Å². The lowest BCUT2D eigenvalue weighted by Gasteiger charge is -2.34. The fourth-order valence-corrected chi connectivity index (χ4v) is 11.0. The number of nitrogens with zero attached hydrogens (tertiary/aromatic N) is 8. The lowest BCUT2D eigenvalue weighted by atomic mass is 9.89. The van der Waals surface area contributed by atoms with Crippen LogP contribution in [0.3, 0.4) is 0 Å². The SMILES string of the molecule is CC(=O)N1CCc2c(c(N3CCCc4cc(-c5cc6nccn6cc5C(=O)N5CCC(Nc6cccc7c6C(=O)N(C6CCC(=O)NC6=O)C7=O)CC5)c(C(F)F)cc43)nn2C2CCOCC2)C1.